The second kappa shape index (κ2) is 12.4. The zero-order valence-electron chi connectivity index (χ0n) is 23.0. The van der Waals surface area contributed by atoms with Crippen LogP contribution in [0.4, 0.5) is 5.69 Å². The first-order valence-electron chi connectivity index (χ1n) is 13.0. The number of methoxy groups -OCH3 is 2. The molecule has 0 unspecified atom stereocenters. The number of hydrogen-bond acceptors (Lipinski definition) is 6. The Morgan fingerprint density at radius 1 is 0.974 bits per heavy atom. The van der Waals surface area contributed by atoms with Gasteiger partial charge in [-0.3, -0.25) is 14.5 Å². The summed E-state index contributed by atoms with van der Waals surface area (Å²) in [5.41, 5.74) is 3.53. The number of aryl methyl sites for hydroxylation is 1. The molecular weight excluding hydrogens is 494 g/mol. The Hall–Kier alpha value is -4.40. The third-order valence-corrected chi connectivity index (χ3v) is 6.63. The third-order valence-electron chi connectivity index (χ3n) is 6.63. The number of amides is 2. The van der Waals surface area contributed by atoms with Crippen LogP contribution in [0.3, 0.4) is 0 Å². The molecule has 9 nitrogen and oxygen atoms in total. The molecule has 0 saturated carbocycles. The molecule has 1 N–H and O–H groups in total. The smallest absolute Gasteiger partial charge is 0.249 e. The number of carbonyl (C=O) groups excluding carboxylic acids is 2. The predicted molar refractivity (Wildman–Crippen MR) is 151 cm³/mol. The molecule has 0 bridgehead atoms. The van der Waals surface area contributed by atoms with E-state index in [2.05, 4.69) is 29.5 Å². The predicted octanol–water partition coefficient (Wildman–Crippen LogP) is 4.69. The van der Waals surface area contributed by atoms with Crippen LogP contribution in [-0.2, 0) is 16.1 Å². The number of nitrogens with zero attached hydrogens (tertiary/aromatic N) is 4. The van der Waals surface area contributed by atoms with Crippen LogP contribution in [0.5, 0.6) is 11.5 Å². The Morgan fingerprint density at radius 3 is 2.41 bits per heavy atom. The van der Waals surface area contributed by atoms with Crippen molar-refractivity contribution in [1.29, 1.82) is 0 Å². The number of rotatable bonds is 11. The second-order valence-corrected chi connectivity index (χ2v) is 9.77. The van der Waals surface area contributed by atoms with E-state index in [0.717, 1.165) is 23.1 Å². The number of hydrogen-bond donors (Lipinski definition) is 1. The highest BCUT2D eigenvalue weighted by Crippen LogP contribution is 2.36. The van der Waals surface area contributed by atoms with Gasteiger partial charge >= 0.3 is 0 Å². The van der Waals surface area contributed by atoms with Crippen LogP contribution >= 0.6 is 0 Å². The number of carbonyl (C=O) groups is 2. The van der Waals surface area contributed by atoms with E-state index in [-0.39, 0.29) is 18.4 Å². The Balaban J connectivity index is 1.83. The van der Waals surface area contributed by atoms with Crippen molar-refractivity contribution in [2.24, 2.45) is 5.92 Å². The summed E-state index contributed by atoms with van der Waals surface area (Å²) in [7, 11) is 3.08. The number of anilines is 1. The van der Waals surface area contributed by atoms with Crippen molar-refractivity contribution in [3.05, 3.63) is 77.9 Å². The highest BCUT2D eigenvalue weighted by molar-refractivity contribution is 6.02. The molecule has 0 radical (unpaired) electrons. The number of ether oxygens (including phenoxy) is 2. The summed E-state index contributed by atoms with van der Waals surface area (Å²) in [4.78, 5) is 29.6. The number of para-hydroxylation sites is 1. The Labute approximate surface area is 228 Å². The first-order valence-corrected chi connectivity index (χ1v) is 13.0. The summed E-state index contributed by atoms with van der Waals surface area (Å²) in [6.07, 6.45) is 0.821. The average Bonchev–Trinajstić information content (AvgIpc) is 3.34. The average molecular weight is 530 g/mol. The van der Waals surface area contributed by atoms with E-state index in [9.17, 15) is 9.59 Å². The van der Waals surface area contributed by atoms with Crippen molar-refractivity contribution in [3.63, 3.8) is 0 Å². The molecule has 0 aliphatic rings. The maximum atomic E-state index is 14.2. The van der Waals surface area contributed by atoms with Gasteiger partial charge in [-0.2, -0.15) is 0 Å². The van der Waals surface area contributed by atoms with Gasteiger partial charge in [0.25, 0.3) is 0 Å². The number of aromatic nitrogens is 3. The van der Waals surface area contributed by atoms with Crippen molar-refractivity contribution in [2.45, 2.75) is 39.8 Å². The van der Waals surface area contributed by atoms with Gasteiger partial charge in [-0.25, -0.2) is 4.68 Å². The third kappa shape index (κ3) is 6.19. The Morgan fingerprint density at radius 2 is 1.69 bits per heavy atom. The molecule has 2 amide bonds. The summed E-state index contributed by atoms with van der Waals surface area (Å²) in [6.45, 7) is 6.53. The normalized spacial score (nSPS) is 11.8. The van der Waals surface area contributed by atoms with Gasteiger partial charge in [-0.1, -0.05) is 55.5 Å². The standard InChI is InChI=1S/C30H35N5O4/c1-20(2)16-17-31-30(37)29(23-11-7-6-10-21(23)3)35(22-14-15-26(38-4)27(18-22)39-5)28(36)19-34-25-13-9-8-12-24(25)32-33-34/h6-15,18,20,29H,16-17,19H2,1-5H3,(H,31,37)/t29-/m0/s1. The molecule has 0 aliphatic carbocycles. The fourth-order valence-corrected chi connectivity index (χ4v) is 4.52. The molecule has 204 valence electrons. The number of fused-ring (bicyclic) bond motifs is 1. The number of nitrogens with one attached hydrogen (secondary N) is 1. The molecule has 0 saturated heterocycles. The van der Waals surface area contributed by atoms with E-state index in [1.165, 1.54) is 12.0 Å². The quantitative estimate of drug-likeness (QED) is 0.303. The van der Waals surface area contributed by atoms with Crippen molar-refractivity contribution in [2.75, 3.05) is 25.7 Å². The van der Waals surface area contributed by atoms with Gasteiger partial charge in [0, 0.05) is 18.3 Å². The summed E-state index contributed by atoms with van der Waals surface area (Å²) in [5.74, 6) is 0.792. The van der Waals surface area contributed by atoms with Crippen LogP contribution in [0.2, 0.25) is 0 Å². The van der Waals surface area contributed by atoms with Crippen LogP contribution in [0.15, 0.2) is 66.7 Å². The molecule has 3 aromatic carbocycles. The first-order chi connectivity index (χ1) is 18.8. The summed E-state index contributed by atoms with van der Waals surface area (Å²) < 4.78 is 12.5. The van der Waals surface area contributed by atoms with Gasteiger partial charge < -0.3 is 14.8 Å². The SMILES string of the molecule is COc1ccc(N(C(=O)Cn2nnc3ccccc32)[C@H](C(=O)NCCC(C)C)c2ccccc2C)cc1OC. The first kappa shape index (κ1) is 27.6. The summed E-state index contributed by atoms with van der Waals surface area (Å²) >= 11 is 0. The van der Waals surface area contributed by atoms with E-state index in [0.29, 0.717) is 35.2 Å². The van der Waals surface area contributed by atoms with E-state index in [1.54, 1.807) is 30.0 Å². The minimum atomic E-state index is -0.932. The lowest BCUT2D eigenvalue weighted by atomic mass is 9.98. The molecule has 0 fully saturated rings. The molecule has 4 aromatic rings. The van der Waals surface area contributed by atoms with E-state index in [4.69, 9.17) is 9.47 Å². The Bertz CT molecular complexity index is 1450. The zero-order chi connectivity index (χ0) is 27.9. The van der Waals surface area contributed by atoms with Gasteiger partial charge in [0.05, 0.1) is 19.7 Å². The monoisotopic (exact) mass is 529 g/mol. The molecule has 1 atom stereocenters. The highest BCUT2D eigenvalue weighted by Gasteiger charge is 2.34. The van der Waals surface area contributed by atoms with Gasteiger partial charge in [-0.05, 0) is 54.7 Å². The molecule has 0 aliphatic heterocycles. The fraction of sp³-hybridized carbons (Fsp3) is 0.333. The van der Waals surface area contributed by atoms with Gasteiger partial charge in [-0.15, -0.1) is 5.10 Å². The van der Waals surface area contributed by atoms with Crippen molar-refractivity contribution in [3.8, 4) is 11.5 Å². The largest absolute Gasteiger partial charge is 0.493 e. The van der Waals surface area contributed by atoms with Gasteiger partial charge in [0.2, 0.25) is 11.8 Å². The Kier molecular flexibility index (Phi) is 8.81. The van der Waals surface area contributed by atoms with E-state index in [1.807, 2.05) is 55.5 Å². The highest BCUT2D eigenvalue weighted by atomic mass is 16.5. The molecule has 39 heavy (non-hydrogen) atoms. The van der Waals surface area contributed by atoms with Crippen molar-refractivity contribution < 1.29 is 19.1 Å². The summed E-state index contributed by atoms with van der Waals surface area (Å²) in [6, 6.07) is 19.3. The zero-order valence-corrected chi connectivity index (χ0v) is 23.0. The molecule has 1 heterocycles. The second-order valence-electron chi connectivity index (χ2n) is 9.77. The van der Waals surface area contributed by atoms with E-state index >= 15 is 0 Å². The molecule has 1 aromatic heterocycles. The maximum Gasteiger partial charge on any atom is 0.249 e. The lowest BCUT2D eigenvalue weighted by molar-refractivity contribution is -0.127. The molecule has 0 spiro atoms. The van der Waals surface area contributed by atoms with Crippen molar-refractivity contribution in [1.82, 2.24) is 20.3 Å². The topological polar surface area (TPSA) is 98.6 Å². The minimum absolute atomic E-state index is 0.115. The van der Waals surface area contributed by atoms with Crippen LogP contribution in [0.1, 0.15) is 37.4 Å². The lowest BCUT2D eigenvalue weighted by Crippen LogP contribution is -2.46. The van der Waals surface area contributed by atoms with Crippen LogP contribution in [0, 0.1) is 12.8 Å². The van der Waals surface area contributed by atoms with Crippen LogP contribution in [0.25, 0.3) is 11.0 Å². The molecule has 9 heteroatoms. The van der Waals surface area contributed by atoms with Gasteiger partial charge in [0.1, 0.15) is 18.1 Å². The van der Waals surface area contributed by atoms with Gasteiger partial charge in [0.15, 0.2) is 11.5 Å². The lowest BCUT2D eigenvalue weighted by Gasteiger charge is -2.32. The molecule has 4 rings (SSSR count). The molecular formula is C30H35N5O4. The number of benzene rings is 3. The van der Waals surface area contributed by atoms with E-state index < -0.39 is 6.04 Å². The van der Waals surface area contributed by atoms with Crippen LogP contribution < -0.4 is 19.7 Å². The van der Waals surface area contributed by atoms with Crippen molar-refractivity contribution >= 4 is 28.5 Å². The fourth-order valence-electron chi connectivity index (χ4n) is 4.52. The minimum Gasteiger partial charge on any atom is -0.493 e. The van der Waals surface area contributed by atoms with Crippen LogP contribution in [-0.4, -0.2) is 47.6 Å². The maximum absolute atomic E-state index is 14.2. The summed E-state index contributed by atoms with van der Waals surface area (Å²) in [5, 5.41) is 11.5.